The van der Waals surface area contributed by atoms with Crippen molar-refractivity contribution in [2.24, 2.45) is 0 Å². The molecule has 0 spiro atoms. The van der Waals surface area contributed by atoms with E-state index < -0.39 is 11.6 Å². The van der Waals surface area contributed by atoms with E-state index in [0.29, 0.717) is 32.5 Å². The molecular formula is C28H41N5O7. The molecule has 4 aliphatic heterocycles. The zero-order chi connectivity index (χ0) is 28.3. The number of amides is 4. The number of hydrogen-bond acceptors (Lipinski definition) is 8. The van der Waals surface area contributed by atoms with Crippen molar-refractivity contribution in [2.75, 3.05) is 19.7 Å². The number of rotatable bonds is 10. The number of ether oxygens (including phenoxy) is 1. The highest BCUT2D eigenvalue weighted by Crippen LogP contribution is 2.37. The highest BCUT2D eigenvalue weighted by Gasteiger charge is 2.48. The summed E-state index contributed by atoms with van der Waals surface area (Å²) < 4.78 is 5.59. The maximum Gasteiger partial charge on any atom is 0.410 e. The lowest BCUT2D eigenvalue weighted by molar-refractivity contribution is -0.141. The Labute approximate surface area is 235 Å². The van der Waals surface area contributed by atoms with Gasteiger partial charge < -0.3 is 14.5 Å². The lowest BCUT2D eigenvalue weighted by Crippen LogP contribution is -2.51. The van der Waals surface area contributed by atoms with Gasteiger partial charge in [0.2, 0.25) is 0 Å². The van der Waals surface area contributed by atoms with E-state index >= 15 is 0 Å². The Morgan fingerprint density at radius 3 is 2.40 bits per heavy atom. The van der Waals surface area contributed by atoms with E-state index in [2.05, 4.69) is 11.0 Å². The van der Waals surface area contributed by atoms with Crippen LogP contribution in [0.4, 0.5) is 9.59 Å². The van der Waals surface area contributed by atoms with Gasteiger partial charge in [0.25, 0.3) is 5.91 Å². The Hall–Kier alpha value is -2.93. The van der Waals surface area contributed by atoms with Gasteiger partial charge in [0.1, 0.15) is 18.2 Å². The van der Waals surface area contributed by atoms with Gasteiger partial charge in [-0.15, -0.1) is 0 Å². The van der Waals surface area contributed by atoms with Crippen molar-refractivity contribution in [1.29, 1.82) is 0 Å². The minimum absolute atomic E-state index is 0.00537. The van der Waals surface area contributed by atoms with Crippen molar-refractivity contribution in [3.63, 3.8) is 0 Å². The van der Waals surface area contributed by atoms with Gasteiger partial charge in [0, 0.05) is 25.2 Å². The average Bonchev–Trinajstić information content (AvgIpc) is 3.33. The van der Waals surface area contributed by atoms with Crippen molar-refractivity contribution in [3.8, 4) is 0 Å². The fraction of sp³-hybridized carbons (Fsp3) is 0.679. The molecule has 0 radical (unpaired) electrons. The molecule has 1 aromatic rings. The first-order valence-electron chi connectivity index (χ1n) is 14.3. The third-order valence-electron chi connectivity index (χ3n) is 7.86. The van der Waals surface area contributed by atoms with Crippen molar-refractivity contribution >= 4 is 18.0 Å². The fourth-order valence-electron chi connectivity index (χ4n) is 6.08. The van der Waals surface area contributed by atoms with Gasteiger partial charge in [-0.3, -0.25) is 19.3 Å². The van der Waals surface area contributed by atoms with Gasteiger partial charge in [0.05, 0.1) is 18.8 Å². The summed E-state index contributed by atoms with van der Waals surface area (Å²) in [4.78, 5) is 58.7. The van der Waals surface area contributed by atoms with E-state index in [1.54, 1.807) is 4.90 Å². The number of piperidine rings is 2. The molecule has 220 valence electrons. The lowest BCUT2D eigenvalue weighted by Gasteiger charge is -2.39. The molecule has 4 saturated heterocycles. The van der Waals surface area contributed by atoms with E-state index in [4.69, 9.17) is 19.2 Å². The number of urea groups is 1. The molecule has 4 amide bonds. The lowest BCUT2D eigenvalue weighted by atomic mass is 10.0. The van der Waals surface area contributed by atoms with E-state index in [1.807, 2.05) is 56.0 Å². The topological polar surface area (TPSA) is 122 Å². The van der Waals surface area contributed by atoms with Crippen LogP contribution in [0, 0.1) is 0 Å². The zero-order valence-corrected chi connectivity index (χ0v) is 23.5. The SMILES string of the molecule is CC(C)(C)OC(=O)N1C2CCC1CC(ONCCONC(=O)[C@@H]1CC[C@@H]3CN1C(=O)N3OCc1ccccc1)C2. The molecule has 5 rings (SSSR count). The second-order valence-corrected chi connectivity index (χ2v) is 12.0. The molecule has 0 saturated carbocycles. The molecule has 0 aliphatic carbocycles. The summed E-state index contributed by atoms with van der Waals surface area (Å²) >= 11 is 0. The van der Waals surface area contributed by atoms with E-state index in [0.717, 1.165) is 31.2 Å². The number of benzene rings is 1. The summed E-state index contributed by atoms with van der Waals surface area (Å²) in [7, 11) is 0. The summed E-state index contributed by atoms with van der Waals surface area (Å²) in [5.74, 6) is -0.344. The van der Waals surface area contributed by atoms with Crippen LogP contribution in [0.25, 0.3) is 0 Å². The third-order valence-corrected chi connectivity index (χ3v) is 7.86. The maximum absolute atomic E-state index is 12.9. The third kappa shape index (κ3) is 6.68. The molecule has 40 heavy (non-hydrogen) atoms. The van der Waals surface area contributed by atoms with E-state index in [9.17, 15) is 14.4 Å². The van der Waals surface area contributed by atoms with Crippen molar-refractivity contribution in [3.05, 3.63) is 35.9 Å². The minimum atomic E-state index is -0.594. The van der Waals surface area contributed by atoms with Gasteiger partial charge in [-0.2, -0.15) is 10.5 Å². The first kappa shape index (κ1) is 28.6. The molecule has 4 fully saturated rings. The Balaban J connectivity index is 0.976. The standard InChI is InChI=1S/C28H41N5O7/c1-28(2,3)39-27(36)32-20-9-10-21(32)16-23(15-20)40-29-13-14-37-30-25(34)24-12-11-22-17-31(24)26(35)33(22)38-18-19-7-5-4-6-8-19/h4-8,20-24,29H,9-18H2,1-3H3,(H,30,34)/t20?,21?,22-,23?,24+/m1/s1. The number of fused-ring (bicyclic) bond motifs is 4. The molecule has 1 aromatic carbocycles. The predicted octanol–water partition coefficient (Wildman–Crippen LogP) is 2.89. The normalized spacial score (nSPS) is 27.7. The second-order valence-electron chi connectivity index (χ2n) is 12.0. The monoisotopic (exact) mass is 559 g/mol. The van der Waals surface area contributed by atoms with Crippen molar-refractivity contribution < 1.29 is 33.6 Å². The number of hydrogen-bond donors (Lipinski definition) is 2. The Kier molecular flexibility index (Phi) is 8.79. The molecule has 12 heteroatoms. The van der Waals surface area contributed by atoms with Gasteiger partial charge in [-0.1, -0.05) is 30.3 Å². The van der Waals surface area contributed by atoms with E-state index in [-0.39, 0.29) is 48.9 Å². The second kappa shape index (κ2) is 12.3. The Morgan fingerprint density at radius 2 is 1.70 bits per heavy atom. The summed E-state index contributed by atoms with van der Waals surface area (Å²) in [6, 6.07) is 8.97. The summed E-state index contributed by atoms with van der Waals surface area (Å²) in [5, 5.41) is 1.41. The fourth-order valence-corrected chi connectivity index (χ4v) is 6.08. The molecule has 2 unspecified atom stereocenters. The van der Waals surface area contributed by atoms with Crippen molar-refractivity contribution in [1.82, 2.24) is 25.8 Å². The molecule has 4 atom stereocenters. The van der Waals surface area contributed by atoms with Crippen LogP contribution in [0.2, 0.25) is 0 Å². The zero-order valence-electron chi connectivity index (χ0n) is 23.5. The predicted molar refractivity (Wildman–Crippen MR) is 143 cm³/mol. The van der Waals surface area contributed by atoms with Crippen LogP contribution in [0.3, 0.4) is 0 Å². The molecule has 4 bridgehead atoms. The molecule has 0 aromatic heterocycles. The molecule has 12 nitrogen and oxygen atoms in total. The first-order chi connectivity index (χ1) is 19.2. The average molecular weight is 560 g/mol. The molecule has 2 N–H and O–H groups in total. The first-order valence-corrected chi connectivity index (χ1v) is 14.3. The van der Waals surface area contributed by atoms with E-state index in [1.165, 1.54) is 5.06 Å². The summed E-state index contributed by atoms with van der Waals surface area (Å²) in [6.45, 7) is 6.97. The Morgan fingerprint density at radius 1 is 1.00 bits per heavy atom. The van der Waals surface area contributed by atoms with Crippen LogP contribution >= 0.6 is 0 Å². The van der Waals surface area contributed by atoms with Crippen LogP contribution in [0.5, 0.6) is 0 Å². The van der Waals surface area contributed by atoms with Gasteiger partial charge in [-0.25, -0.2) is 15.1 Å². The smallest absolute Gasteiger partial charge is 0.410 e. The number of nitrogens with zero attached hydrogens (tertiary/aromatic N) is 3. The minimum Gasteiger partial charge on any atom is -0.444 e. The van der Waals surface area contributed by atoms with Crippen LogP contribution in [-0.4, -0.2) is 88.5 Å². The number of nitrogens with one attached hydrogen (secondary N) is 2. The van der Waals surface area contributed by atoms with Crippen LogP contribution in [0.15, 0.2) is 30.3 Å². The van der Waals surface area contributed by atoms with Gasteiger partial charge in [0.15, 0.2) is 0 Å². The van der Waals surface area contributed by atoms with Gasteiger partial charge in [-0.05, 0) is 64.9 Å². The number of carbonyl (C=O) groups excluding carboxylic acids is 3. The highest BCUT2D eigenvalue weighted by atomic mass is 16.7. The van der Waals surface area contributed by atoms with Crippen LogP contribution in [-0.2, 0) is 30.7 Å². The number of hydroxylamine groups is 4. The summed E-state index contributed by atoms with van der Waals surface area (Å²) in [5.41, 5.74) is 5.87. The number of carbonyl (C=O) groups is 3. The molecular weight excluding hydrogens is 518 g/mol. The van der Waals surface area contributed by atoms with Gasteiger partial charge >= 0.3 is 12.1 Å². The molecule has 4 aliphatic rings. The van der Waals surface area contributed by atoms with Crippen LogP contribution in [0.1, 0.15) is 64.9 Å². The molecule has 4 heterocycles. The largest absolute Gasteiger partial charge is 0.444 e. The Bertz CT molecular complexity index is 1040. The quantitative estimate of drug-likeness (QED) is 0.332. The van der Waals surface area contributed by atoms with Crippen LogP contribution < -0.4 is 11.0 Å². The van der Waals surface area contributed by atoms with Crippen molar-refractivity contribution in [2.45, 2.75) is 102 Å². The maximum atomic E-state index is 12.9. The summed E-state index contributed by atoms with van der Waals surface area (Å²) in [6.07, 6.45) is 4.38. The highest BCUT2D eigenvalue weighted by molar-refractivity contribution is 5.88.